The van der Waals surface area contributed by atoms with Crippen LogP contribution in [0.4, 0.5) is 0 Å². The number of ether oxygens (including phenoxy) is 2. The Hall–Kier alpha value is -1.22. The van der Waals surface area contributed by atoms with Crippen molar-refractivity contribution in [3.63, 3.8) is 0 Å². The van der Waals surface area contributed by atoms with E-state index in [-0.39, 0.29) is 5.60 Å². The Morgan fingerprint density at radius 2 is 1.47 bits per heavy atom. The maximum absolute atomic E-state index is 10.9. The standard InChI is InChI=1S/C35H62O3/c1-9-10-11-12-24-37-25-32-31-21-23-35(8,38-34(31)30(7)29(6)33(32)36)22-15-20-28(5)19-14-18-27(4)17-13-16-26(2)3/h26-28,36H,9-25H2,1-8H3/t27-,28-,35-/m1/s1. The SMILES string of the molecule is CCCCCCOCc1c(O)c(C)c(C)c2c1CC[C@@](C)(CCC[C@H](C)CCC[C@H](C)CCCC(C)C)O2. The third-order valence-corrected chi connectivity index (χ3v) is 9.10. The van der Waals surface area contributed by atoms with Gasteiger partial charge in [-0.15, -0.1) is 0 Å². The summed E-state index contributed by atoms with van der Waals surface area (Å²) in [6.45, 7) is 19.4. The van der Waals surface area contributed by atoms with Gasteiger partial charge in [-0.2, -0.15) is 0 Å². The van der Waals surface area contributed by atoms with Crippen LogP contribution in [0.3, 0.4) is 0 Å². The lowest BCUT2D eigenvalue weighted by atomic mass is 9.83. The van der Waals surface area contributed by atoms with Crippen LogP contribution in [0.25, 0.3) is 0 Å². The van der Waals surface area contributed by atoms with E-state index in [0.29, 0.717) is 12.4 Å². The molecule has 3 nitrogen and oxygen atoms in total. The predicted octanol–water partition coefficient (Wildman–Crippen LogP) is 10.6. The van der Waals surface area contributed by atoms with E-state index in [9.17, 15) is 5.11 Å². The summed E-state index contributed by atoms with van der Waals surface area (Å²) >= 11 is 0. The van der Waals surface area contributed by atoms with Crippen molar-refractivity contribution >= 4 is 0 Å². The van der Waals surface area contributed by atoms with Crippen molar-refractivity contribution in [3.05, 3.63) is 22.3 Å². The molecule has 3 heteroatoms. The van der Waals surface area contributed by atoms with Crippen LogP contribution < -0.4 is 4.74 Å². The maximum Gasteiger partial charge on any atom is 0.127 e. The van der Waals surface area contributed by atoms with Crippen LogP contribution in [0.1, 0.15) is 154 Å². The maximum atomic E-state index is 10.9. The van der Waals surface area contributed by atoms with Crippen LogP contribution >= 0.6 is 0 Å². The highest BCUT2D eigenvalue weighted by Gasteiger charge is 2.35. The summed E-state index contributed by atoms with van der Waals surface area (Å²) in [5, 5.41) is 10.9. The summed E-state index contributed by atoms with van der Waals surface area (Å²) in [5.74, 6) is 3.92. The number of aromatic hydroxyl groups is 1. The van der Waals surface area contributed by atoms with Crippen molar-refractivity contribution in [1.82, 2.24) is 0 Å². The Balaban J connectivity index is 1.83. The molecule has 0 aliphatic carbocycles. The van der Waals surface area contributed by atoms with E-state index >= 15 is 0 Å². The summed E-state index contributed by atoms with van der Waals surface area (Å²) < 4.78 is 12.8. The first-order chi connectivity index (χ1) is 18.1. The molecule has 0 radical (unpaired) electrons. The van der Waals surface area contributed by atoms with E-state index in [1.54, 1.807) is 0 Å². The molecule has 1 aliphatic rings. The Morgan fingerprint density at radius 3 is 2.11 bits per heavy atom. The zero-order valence-electron chi connectivity index (χ0n) is 26.5. The Bertz CT molecular complexity index is 814. The molecule has 0 fully saturated rings. The number of phenolic OH excluding ortho intramolecular Hbond substituents is 1. The second kappa shape index (κ2) is 16.8. The molecule has 2 rings (SSSR count). The smallest absolute Gasteiger partial charge is 0.127 e. The highest BCUT2D eigenvalue weighted by molar-refractivity contribution is 5.58. The molecule has 0 aromatic heterocycles. The van der Waals surface area contributed by atoms with Gasteiger partial charge in [-0.25, -0.2) is 0 Å². The van der Waals surface area contributed by atoms with Gasteiger partial charge in [-0.05, 0) is 81.8 Å². The van der Waals surface area contributed by atoms with Gasteiger partial charge in [0.05, 0.1) is 6.61 Å². The summed E-state index contributed by atoms with van der Waals surface area (Å²) in [6.07, 6.45) is 18.7. The van der Waals surface area contributed by atoms with E-state index < -0.39 is 0 Å². The molecule has 0 bridgehead atoms. The van der Waals surface area contributed by atoms with Gasteiger partial charge in [-0.3, -0.25) is 0 Å². The fourth-order valence-electron chi connectivity index (χ4n) is 6.11. The number of fused-ring (bicyclic) bond motifs is 1. The molecular weight excluding hydrogens is 468 g/mol. The minimum atomic E-state index is -0.121. The molecule has 0 amide bonds. The number of hydrogen-bond donors (Lipinski definition) is 1. The Kier molecular flexibility index (Phi) is 14.6. The summed E-state index contributed by atoms with van der Waals surface area (Å²) in [6, 6.07) is 0. The van der Waals surface area contributed by atoms with Crippen LogP contribution in [0.2, 0.25) is 0 Å². The number of benzene rings is 1. The number of phenols is 1. The van der Waals surface area contributed by atoms with E-state index in [1.165, 1.54) is 76.2 Å². The molecule has 1 N–H and O–H groups in total. The molecule has 3 atom stereocenters. The monoisotopic (exact) mass is 530 g/mol. The van der Waals surface area contributed by atoms with Gasteiger partial charge < -0.3 is 14.6 Å². The van der Waals surface area contributed by atoms with Crippen LogP contribution in [-0.2, 0) is 17.8 Å². The van der Waals surface area contributed by atoms with Gasteiger partial charge in [0.15, 0.2) is 0 Å². The molecular formula is C35H62O3. The lowest BCUT2D eigenvalue weighted by Crippen LogP contribution is -2.37. The van der Waals surface area contributed by atoms with Gasteiger partial charge in [0.25, 0.3) is 0 Å². The molecule has 0 spiro atoms. The second-order valence-corrected chi connectivity index (χ2v) is 13.4. The summed E-state index contributed by atoms with van der Waals surface area (Å²) in [4.78, 5) is 0. The zero-order valence-corrected chi connectivity index (χ0v) is 26.5. The topological polar surface area (TPSA) is 38.7 Å². The van der Waals surface area contributed by atoms with Crippen LogP contribution in [0, 0.1) is 31.6 Å². The molecule has 38 heavy (non-hydrogen) atoms. The Morgan fingerprint density at radius 1 is 0.842 bits per heavy atom. The van der Waals surface area contributed by atoms with Gasteiger partial charge in [0.2, 0.25) is 0 Å². The van der Waals surface area contributed by atoms with E-state index in [0.717, 1.165) is 72.5 Å². The first kappa shape index (κ1) is 33.0. The molecule has 0 saturated carbocycles. The van der Waals surface area contributed by atoms with Crippen molar-refractivity contribution in [1.29, 1.82) is 0 Å². The average molecular weight is 531 g/mol. The largest absolute Gasteiger partial charge is 0.507 e. The number of hydrogen-bond acceptors (Lipinski definition) is 3. The van der Waals surface area contributed by atoms with Crippen molar-refractivity contribution in [2.24, 2.45) is 17.8 Å². The van der Waals surface area contributed by atoms with E-state index in [1.807, 2.05) is 6.92 Å². The molecule has 1 aromatic carbocycles. The molecule has 0 unspecified atom stereocenters. The third-order valence-electron chi connectivity index (χ3n) is 9.10. The molecule has 1 aromatic rings. The van der Waals surface area contributed by atoms with Gasteiger partial charge in [-0.1, -0.05) is 98.8 Å². The highest BCUT2D eigenvalue weighted by atomic mass is 16.5. The highest BCUT2D eigenvalue weighted by Crippen LogP contribution is 2.45. The molecule has 0 saturated heterocycles. The number of unbranched alkanes of at least 4 members (excludes halogenated alkanes) is 3. The van der Waals surface area contributed by atoms with E-state index in [4.69, 9.17) is 9.47 Å². The number of rotatable bonds is 19. The summed E-state index contributed by atoms with van der Waals surface area (Å²) in [7, 11) is 0. The van der Waals surface area contributed by atoms with Gasteiger partial charge >= 0.3 is 0 Å². The van der Waals surface area contributed by atoms with Crippen LogP contribution in [-0.4, -0.2) is 17.3 Å². The van der Waals surface area contributed by atoms with Crippen molar-refractivity contribution < 1.29 is 14.6 Å². The summed E-state index contributed by atoms with van der Waals surface area (Å²) in [5.41, 5.74) is 4.03. The lowest BCUT2D eigenvalue weighted by molar-refractivity contribution is 0.0495. The third kappa shape index (κ3) is 10.7. The fraction of sp³-hybridized carbons (Fsp3) is 0.829. The van der Waals surface area contributed by atoms with Crippen LogP contribution in [0.5, 0.6) is 11.5 Å². The fourth-order valence-corrected chi connectivity index (χ4v) is 6.11. The molecule has 220 valence electrons. The van der Waals surface area contributed by atoms with Gasteiger partial charge in [0, 0.05) is 17.7 Å². The average Bonchev–Trinajstić information content (AvgIpc) is 2.86. The lowest BCUT2D eigenvalue weighted by Gasteiger charge is -2.38. The molecule has 1 heterocycles. The first-order valence-corrected chi connectivity index (χ1v) is 16.2. The van der Waals surface area contributed by atoms with Crippen molar-refractivity contribution in [3.8, 4) is 11.5 Å². The first-order valence-electron chi connectivity index (χ1n) is 16.2. The second-order valence-electron chi connectivity index (χ2n) is 13.4. The molecule has 1 aliphatic heterocycles. The Labute approximate surface area is 236 Å². The van der Waals surface area contributed by atoms with Gasteiger partial charge in [0.1, 0.15) is 17.1 Å². The minimum Gasteiger partial charge on any atom is -0.507 e. The predicted molar refractivity (Wildman–Crippen MR) is 163 cm³/mol. The zero-order chi connectivity index (χ0) is 28.1. The van der Waals surface area contributed by atoms with Crippen molar-refractivity contribution in [2.45, 2.75) is 164 Å². The normalized spacial score (nSPS) is 18.9. The van der Waals surface area contributed by atoms with E-state index in [2.05, 4.69) is 48.5 Å². The quantitative estimate of drug-likeness (QED) is 0.181. The van der Waals surface area contributed by atoms with Crippen molar-refractivity contribution in [2.75, 3.05) is 6.61 Å². The van der Waals surface area contributed by atoms with Crippen LogP contribution in [0.15, 0.2) is 0 Å². The minimum absolute atomic E-state index is 0.121.